The van der Waals surface area contributed by atoms with Crippen LogP contribution in [0, 0.1) is 6.92 Å². The van der Waals surface area contributed by atoms with Gasteiger partial charge in [-0.3, -0.25) is 9.10 Å². The first-order valence-electron chi connectivity index (χ1n) is 9.65. The van der Waals surface area contributed by atoms with Gasteiger partial charge in [-0.15, -0.1) is 0 Å². The van der Waals surface area contributed by atoms with Gasteiger partial charge in [0.2, 0.25) is 0 Å². The van der Waals surface area contributed by atoms with Crippen LogP contribution in [0.25, 0.3) is 0 Å². The van der Waals surface area contributed by atoms with Gasteiger partial charge in [-0.05, 0) is 55.8 Å². The molecule has 3 rings (SSSR count). The summed E-state index contributed by atoms with van der Waals surface area (Å²) in [5.74, 6) is -0.635. The summed E-state index contributed by atoms with van der Waals surface area (Å²) >= 11 is 6.11. The summed E-state index contributed by atoms with van der Waals surface area (Å²) in [7, 11) is -4.06. The first-order chi connectivity index (χ1) is 15.2. The number of nitrogens with one attached hydrogen (secondary N) is 1. The van der Waals surface area contributed by atoms with Crippen molar-refractivity contribution in [3.8, 4) is 5.75 Å². The average molecular weight is 472 g/mol. The lowest BCUT2D eigenvalue weighted by Crippen LogP contribution is -2.40. The molecule has 0 fully saturated rings. The highest BCUT2D eigenvalue weighted by Crippen LogP contribution is 2.29. The number of halogens is 1. The maximum absolute atomic E-state index is 13.4. The summed E-state index contributed by atoms with van der Waals surface area (Å²) in [5, 5.41) is 14.3. The van der Waals surface area contributed by atoms with Crippen LogP contribution in [0.4, 0.5) is 5.69 Å². The van der Waals surface area contributed by atoms with Gasteiger partial charge in [0.15, 0.2) is 0 Å². The van der Waals surface area contributed by atoms with Crippen molar-refractivity contribution in [2.75, 3.05) is 10.8 Å². The van der Waals surface area contributed by atoms with Crippen LogP contribution in [0.5, 0.6) is 5.75 Å². The van der Waals surface area contributed by atoms with Gasteiger partial charge < -0.3 is 5.11 Å². The van der Waals surface area contributed by atoms with Crippen LogP contribution < -0.4 is 9.73 Å². The van der Waals surface area contributed by atoms with Crippen molar-refractivity contribution in [1.82, 2.24) is 5.43 Å². The van der Waals surface area contributed by atoms with E-state index in [4.69, 9.17) is 11.6 Å². The van der Waals surface area contributed by atoms with Crippen LogP contribution in [-0.2, 0) is 14.8 Å². The number of para-hydroxylation sites is 1. The number of carbonyl (C=O) groups excluding carboxylic acids is 1. The van der Waals surface area contributed by atoms with E-state index in [9.17, 15) is 18.3 Å². The SMILES string of the molecule is C/C(=N/NC(=O)CN(c1cc(Cl)ccc1C)S(=O)(=O)c1ccccc1)c1ccccc1O. The molecule has 0 aliphatic carbocycles. The van der Waals surface area contributed by atoms with Crippen molar-refractivity contribution in [3.05, 3.63) is 88.9 Å². The Bertz CT molecular complexity index is 1260. The zero-order valence-corrected chi connectivity index (χ0v) is 19.1. The van der Waals surface area contributed by atoms with Gasteiger partial charge in [0.25, 0.3) is 15.9 Å². The third-order valence-electron chi connectivity index (χ3n) is 4.70. The van der Waals surface area contributed by atoms with Gasteiger partial charge in [-0.1, -0.05) is 48.0 Å². The number of phenolic OH excluding ortho intramolecular Hbond substituents is 1. The van der Waals surface area contributed by atoms with Gasteiger partial charge in [-0.2, -0.15) is 5.10 Å². The fourth-order valence-corrected chi connectivity index (χ4v) is 4.69. The van der Waals surface area contributed by atoms with Gasteiger partial charge in [0.1, 0.15) is 12.3 Å². The summed E-state index contributed by atoms with van der Waals surface area (Å²) in [4.78, 5) is 12.7. The minimum Gasteiger partial charge on any atom is -0.507 e. The molecule has 0 heterocycles. The van der Waals surface area contributed by atoms with Gasteiger partial charge in [-0.25, -0.2) is 13.8 Å². The molecular formula is C23H22ClN3O4S. The van der Waals surface area contributed by atoms with Crippen LogP contribution in [0.2, 0.25) is 5.02 Å². The monoisotopic (exact) mass is 471 g/mol. The molecule has 0 aromatic heterocycles. The van der Waals surface area contributed by atoms with Gasteiger partial charge in [0, 0.05) is 10.6 Å². The normalized spacial score (nSPS) is 11.8. The number of aryl methyl sites for hydroxylation is 1. The zero-order valence-electron chi connectivity index (χ0n) is 17.5. The van der Waals surface area contributed by atoms with Crippen LogP contribution >= 0.6 is 11.6 Å². The topological polar surface area (TPSA) is 99.1 Å². The standard InChI is InChI=1S/C23H22ClN3O4S/c1-16-12-13-18(24)14-21(16)27(32(30,31)19-8-4-3-5-9-19)15-23(29)26-25-17(2)20-10-6-7-11-22(20)28/h3-14,28H,15H2,1-2H3,(H,26,29)/b25-17-. The molecule has 0 saturated carbocycles. The number of phenols is 1. The molecule has 0 aliphatic rings. The highest BCUT2D eigenvalue weighted by molar-refractivity contribution is 7.92. The second kappa shape index (κ2) is 9.84. The van der Waals surface area contributed by atoms with E-state index in [1.807, 2.05) is 0 Å². The van der Waals surface area contributed by atoms with E-state index >= 15 is 0 Å². The lowest BCUT2D eigenvalue weighted by Gasteiger charge is -2.25. The van der Waals surface area contributed by atoms with Crippen molar-refractivity contribution in [2.45, 2.75) is 18.7 Å². The highest BCUT2D eigenvalue weighted by Gasteiger charge is 2.28. The van der Waals surface area contributed by atoms with E-state index < -0.39 is 22.5 Å². The van der Waals surface area contributed by atoms with Crippen molar-refractivity contribution >= 4 is 38.9 Å². The number of carbonyl (C=O) groups is 1. The zero-order chi connectivity index (χ0) is 23.3. The molecule has 0 bridgehead atoms. The minimum atomic E-state index is -4.06. The maximum Gasteiger partial charge on any atom is 0.264 e. The number of benzene rings is 3. The van der Waals surface area contributed by atoms with E-state index in [1.54, 1.807) is 62.4 Å². The second-order valence-corrected chi connectivity index (χ2v) is 9.30. The molecule has 0 aliphatic heterocycles. The fourth-order valence-electron chi connectivity index (χ4n) is 3.02. The number of hydrogen-bond donors (Lipinski definition) is 2. The molecule has 9 heteroatoms. The lowest BCUT2D eigenvalue weighted by molar-refractivity contribution is -0.119. The summed E-state index contributed by atoms with van der Waals surface area (Å²) in [6.45, 7) is 2.84. The Morgan fingerprint density at radius 2 is 1.72 bits per heavy atom. The molecule has 2 N–H and O–H groups in total. The molecule has 166 valence electrons. The van der Waals surface area contributed by atoms with E-state index in [0.717, 1.165) is 4.31 Å². The Hall–Kier alpha value is -3.36. The van der Waals surface area contributed by atoms with E-state index in [1.165, 1.54) is 24.3 Å². The van der Waals surface area contributed by atoms with Crippen LogP contribution in [0.1, 0.15) is 18.1 Å². The van der Waals surface area contributed by atoms with Crippen molar-refractivity contribution in [1.29, 1.82) is 0 Å². The number of nitrogens with zero attached hydrogens (tertiary/aromatic N) is 2. The molecule has 0 radical (unpaired) electrons. The fraction of sp³-hybridized carbons (Fsp3) is 0.130. The molecule has 3 aromatic rings. The summed E-state index contributed by atoms with van der Waals surface area (Å²) in [6.07, 6.45) is 0. The average Bonchev–Trinajstić information content (AvgIpc) is 2.78. The van der Waals surface area contributed by atoms with Crippen molar-refractivity contribution in [3.63, 3.8) is 0 Å². The van der Waals surface area contributed by atoms with Crippen LogP contribution in [0.15, 0.2) is 82.8 Å². The number of aromatic hydroxyl groups is 1. The lowest BCUT2D eigenvalue weighted by atomic mass is 10.1. The molecule has 32 heavy (non-hydrogen) atoms. The number of anilines is 1. The highest BCUT2D eigenvalue weighted by atomic mass is 35.5. The molecule has 0 unspecified atom stereocenters. The Labute approximate surface area is 192 Å². The Morgan fingerprint density at radius 1 is 1.06 bits per heavy atom. The third kappa shape index (κ3) is 5.27. The van der Waals surface area contributed by atoms with Crippen molar-refractivity contribution < 1.29 is 18.3 Å². The summed E-state index contributed by atoms with van der Waals surface area (Å²) in [6, 6.07) is 19.2. The Balaban J connectivity index is 1.93. The number of amides is 1. The first kappa shape index (κ1) is 23.3. The van der Waals surface area contributed by atoms with Gasteiger partial charge >= 0.3 is 0 Å². The molecule has 1 amide bonds. The molecular weight excluding hydrogens is 450 g/mol. The number of rotatable bonds is 7. The Morgan fingerprint density at radius 3 is 2.41 bits per heavy atom. The summed E-state index contributed by atoms with van der Waals surface area (Å²) < 4.78 is 27.7. The summed E-state index contributed by atoms with van der Waals surface area (Å²) in [5.41, 5.74) is 4.11. The van der Waals surface area contributed by atoms with E-state index in [0.29, 0.717) is 21.9 Å². The second-order valence-electron chi connectivity index (χ2n) is 7.00. The van der Waals surface area contributed by atoms with Crippen LogP contribution in [-0.4, -0.2) is 31.7 Å². The molecule has 0 saturated heterocycles. The number of hydrazone groups is 1. The third-order valence-corrected chi connectivity index (χ3v) is 6.71. The van der Waals surface area contributed by atoms with E-state index in [-0.39, 0.29) is 16.3 Å². The van der Waals surface area contributed by atoms with E-state index in [2.05, 4.69) is 10.5 Å². The number of sulfonamides is 1. The first-order valence-corrected chi connectivity index (χ1v) is 11.5. The van der Waals surface area contributed by atoms with Crippen molar-refractivity contribution in [2.24, 2.45) is 5.10 Å². The molecule has 7 nitrogen and oxygen atoms in total. The quantitative estimate of drug-likeness (QED) is 0.400. The predicted molar refractivity (Wildman–Crippen MR) is 126 cm³/mol. The molecule has 0 spiro atoms. The maximum atomic E-state index is 13.4. The van der Waals surface area contributed by atoms with Gasteiger partial charge in [0.05, 0.1) is 16.3 Å². The smallest absolute Gasteiger partial charge is 0.264 e. The molecule has 3 aromatic carbocycles. The van der Waals surface area contributed by atoms with Crippen LogP contribution in [0.3, 0.4) is 0 Å². The number of hydrogen-bond acceptors (Lipinski definition) is 5. The molecule has 0 atom stereocenters. The Kier molecular flexibility index (Phi) is 7.17. The minimum absolute atomic E-state index is 0.0193. The largest absolute Gasteiger partial charge is 0.507 e. The predicted octanol–water partition coefficient (Wildman–Crippen LogP) is 4.09.